The highest BCUT2D eigenvalue weighted by atomic mass is 14.5. The van der Waals surface area contributed by atoms with E-state index in [1.807, 2.05) is 0 Å². The van der Waals surface area contributed by atoms with E-state index in [1.165, 1.54) is 61.7 Å². The lowest BCUT2D eigenvalue weighted by Crippen LogP contribution is -2.41. The zero-order valence-corrected chi connectivity index (χ0v) is 26.0. The molecule has 0 amide bonds. The van der Waals surface area contributed by atoms with E-state index >= 15 is 0 Å². The Morgan fingerprint density at radius 2 is 1.46 bits per heavy atom. The standard InChI is InChI=1S/C46H36/c1-12-29(31-22-24-41-37-16-4-10-27-8-2-14-35(43(27)37)39-20-6-18-33(31)45(39)41)26-30(13-1)32-23-25-42-38-17-5-11-28-9-3-15-36(44(28)38)40-21-7-19-34(32)46(40)42/h1-6,8-14,16-18,20-24,26-27,36,38,42-44H,7,15,19,25H2. The second-order valence-corrected chi connectivity index (χ2v) is 14.5. The first kappa shape index (κ1) is 25.5. The number of fused-ring (bicyclic) bond motifs is 4. The van der Waals surface area contributed by atoms with Crippen molar-refractivity contribution in [1.29, 1.82) is 0 Å². The summed E-state index contributed by atoms with van der Waals surface area (Å²) in [6.45, 7) is 0. The van der Waals surface area contributed by atoms with Crippen molar-refractivity contribution in [3.8, 4) is 11.1 Å². The predicted octanol–water partition coefficient (Wildman–Crippen LogP) is 11.4. The van der Waals surface area contributed by atoms with Crippen LogP contribution in [0.1, 0.15) is 42.4 Å². The molecule has 0 heteroatoms. The topological polar surface area (TPSA) is 0 Å². The molecule has 6 unspecified atom stereocenters. The second-order valence-electron chi connectivity index (χ2n) is 14.5. The van der Waals surface area contributed by atoms with E-state index in [9.17, 15) is 0 Å². The fraction of sp³-hybridized carbons (Fsp3) is 0.217. The van der Waals surface area contributed by atoms with E-state index in [0.717, 1.165) is 19.3 Å². The molecule has 0 spiro atoms. The van der Waals surface area contributed by atoms with E-state index in [0.29, 0.717) is 35.5 Å². The van der Waals surface area contributed by atoms with Gasteiger partial charge in [0.1, 0.15) is 0 Å². The van der Waals surface area contributed by atoms with E-state index in [2.05, 4.69) is 134 Å². The van der Waals surface area contributed by atoms with Crippen molar-refractivity contribution in [2.45, 2.75) is 25.7 Å². The molecule has 220 valence electrons. The van der Waals surface area contributed by atoms with E-state index in [4.69, 9.17) is 0 Å². The lowest BCUT2D eigenvalue weighted by atomic mass is 9.53. The third-order valence-corrected chi connectivity index (χ3v) is 12.5. The smallest absolute Gasteiger partial charge is 0.0199 e. The molecule has 0 nitrogen and oxygen atoms in total. The van der Waals surface area contributed by atoms with Crippen molar-refractivity contribution in [2.24, 2.45) is 35.5 Å². The van der Waals surface area contributed by atoms with Gasteiger partial charge in [-0.3, -0.25) is 0 Å². The summed E-state index contributed by atoms with van der Waals surface area (Å²) in [6.07, 6.45) is 36.0. The maximum absolute atomic E-state index is 2.62. The maximum Gasteiger partial charge on any atom is 0.0199 e. The molecule has 8 aliphatic rings. The number of hydrogen-bond acceptors (Lipinski definition) is 0. The first-order valence-electron chi connectivity index (χ1n) is 17.5. The minimum atomic E-state index is 0.430. The van der Waals surface area contributed by atoms with Crippen LogP contribution in [0.2, 0.25) is 0 Å². The molecular formula is C46H36. The van der Waals surface area contributed by atoms with Crippen LogP contribution < -0.4 is 0 Å². The van der Waals surface area contributed by atoms with Crippen LogP contribution in [-0.2, 0) is 0 Å². The molecule has 3 aromatic rings. The average molecular weight is 589 g/mol. The second kappa shape index (κ2) is 9.43. The monoisotopic (exact) mass is 588 g/mol. The number of allylic oxidation sites excluding steroid dienone is 20. The summed E-state index contributed by atoms with van der Waals surface area (Å²) in [4.78, 5) is 0. The van der Waals surface area contributed by atoms with Crippen LogP contribution in [0.15, 0.2) is 156 Å². The Balaban J connectivity index is 1.04. The highest BCUT2D eigenvalue weighted by Crippen LogP contribution is 2.59. The molecule has 0 heterocycles. The summed E-state index contributed by atoms with van der Waals surface area (Å²) < 4.78 is 0. The normalized spacial score (nSPS) is 30.5. The van der Waals surface area contributed by atoms with Crippen molar-refractivity contribution >= 4 is 27.5 Å². The molecule has 3 aromatic carbocycles. The molecule has 0 saturated heterocycles. The van der Waals surface area contributed by atoms with Crippen molar-refractivity contribution in [2.75, 3.05) is 0 Å². The number of benzene rings is 3. The van der Waals surface area contributed by atoms with E-state index < -0.39 is 0 Å². The van der Waals surface area contributed by atoms with Gasteiger partial charge >= 0.3 is 0 Å². The molecule has 0 radical (unpaired) electrons. The fourth-order valence-corrected chi connectivity index (χ4v) is 10.8. The van der Waals surface area contributed by atoms with Gasteiger partial charge in [0.15, 0.2) is 0 Å². The average Bonchev–Trinajstić information content (AvgIpc) is 3.12. The van der Waals surface area contributed by atoms with Gasteiger partial charge in [0.2, 0.25) is 0 Å². The van der Waals surface area contributed by atoms with Gasteiger partial charge in [-0.1, -0.05) is 128 Å². The Morgan fingerprint density at radius 3 is 2.37 bits per heavy atom. The Morgan fingerprint density at radius 1 is 0.652 bits per heavy atom. The van der Waals surface area contributed by atoms with Gasteiger partial charge < -0.3 is 0 Å². The molecule has 6 atom stereocenters. The molecular weight excluding hydrogens is 553 g/mol. The summed E-state index contributed by atoms with van der Waals surface area (Å²) in [5.41, 5.74) is 17.9. The minimum Gasteiger partial charge on any atom is -0.0836 e. The molecule has 0 N–H and O–H groups in total. The molecule has 11 rings (SSSR count). The minimum absolute atomic E-state index is 0.430. The first-order valence-corrected chi connectivity index (χ1v) is 17.5. The predicted molar refractivity (Wildman–Crippen MR) is 192 cm³/mol. The van der Waals surface area contributed by atoms with Gasteiger partial charge in [0.25, 0.3) is 0 Å². The van der Waals surface area contributed by atoms with Gasteiger partial charge in [0.05, 0.1) is 0 Å². The highest BCUT2D eigenvalue weighted by molar-refractivity contribution is 6.13. The lowest BCUT2D eigenvalue weighted by Gasteiger charge is -2.51. The molecule has 1 saturated carbocycles. The molecule has 46 heavy (non-hydrogen) atoms. The van der Waals surface area contributed by atoms with Crippen molar-refractivity contribution in [1.82, 2.24) is 0 Å². The fourth-order valence-electron chi connectivity index (χ4n) is 10.8. The van der Waals surface area contributed by atoms with Crippen LogP contribution in [0.5, 0.6) is 0 Å². The number of hydrogen-bond donors (Lipinski definition) is 0. The zero-order valence-electron chi connectivity index (χ0n) is 26.0. The van der Waals surface area contributed by atoms with Crippen LogP contribution >= 0.6 is 0 Å². The summed E-state index contributed by atoms with van der Waals surface area (Å²) in [5, 5.41) is 2.79. The third-order valence-electron chi connectivity index (χ3n) is 12.5. The molecule has 0 bridgehead atoms. The SMILES string of the molecule is C1=CC2C=CC=C3c4ccc(-c5cccc(C6=CCC7C8=C6CCC=C8C6CC=CC8=CC=CC7C86)c5)c5cccc(c45)C(=C1)C32. The molecule has 8 aliphatic carbocycles. The Labute approximate surface area is 271 Å². The van der Waals surface area contributed by atoms with Crippen LogP contribution in [0.3, 0.4) is 0 Å². The van der Waals surface area contributed by atoms with Crippen LogP contribution in [0.4, 0.5) is 0 Å². The summed E-state index contributed by atoms with van der Waals surface area (Å²) >= 11 is 0. The van der Waals surface area contributed by atoms with Crippen LogP contribution in [0, 0.1) is 35.5 Å². The Kier molecular flexibility index (Phi) is 5.23. The molecule has 0 aromatic heterocycles. The van der Waals surface area contributed by atoms with Gasteiger partial charge in [-0.2, -0.15) is 0 Å². The number of rotatable bonds is 2. The summed E-state index contributed by atoms with van der Waals surface area (Å²) in [5.74, 6) is 3.40. The van der Waals surface area contributed by atoms with Gasteiger partial charge in [-0.25, -0.2) is 0 Å². The van der Waals surface area contributed by atoms with Crippen LogP contribution in [-0.4, -0.2) is 0 Å². The van der Waals surface area contributed by atoms with Gasteiger partial charge in [-0.05, 0) is 133 Å². The van der Waals surface area contributed by atoms with Crippen molar-refractivity contribution < 1.29 is 0 Å². The molecule has 1 fully saturated rings. The van der Waals surface area contributed by atoms with E-state index in [1.54, 1.807) is 22.3 Å². The maximum atomic E-state index is 2.62. The lowest BCUT2D eigenvalue weighted by molar-refractivity contribution is 0.238. The summed E-state index contributed by atoms with van der Waals surface area (Å²) in [7, 11) is 0. The largest absolute Gasteiger partial charge is 0.0836 e. The Hall–Kier alpha value is -4.68. The van der Waals surface area contributed by atoms with Crippen molar-refractivity contribution in [3.05, 3.63) is 173 Å². The van der Waals surface area contributed by atoms with Gasteiger partial charge in [0, 0.05) is 11.8 Å². The summed E-state index contributed by atoms with van der Waals surface area (Å²) in [6, 6.07) is 21.3. The zero-order chi connectivity index (χ0) is 29.9. The van der Waals surface area contributed by atoms with E-state index in [-0.39, 0.29) is 0 Å². The first-order chi connectivity index (χ1) is 22.8. The van der Waals surface area contributed by atoms with Crippen molar-refractivity contribution in [3.63, 3.8) is 0 Å². The van der Waals surface area contributed by atoms with Gasteiger partial charge in [-0.15, -0.1) is 0 Å². The Bertz CT molecular complexity index is 2190. The highest BCUT2D eigenvalue weighted by Gasteiger charge is 2.48. The third kappa shape index (κ3) is 3.35. The molecule has 0 aliphatic heterocycles. The van der Waals surface area contributed by atoms with Crippen LogP contribution in [0.25, 0.3) is 38.6 Å². The quantitative estimate of drug-likeness (QED) is 0.279.